The molecule has 0 spiro atoms. The van der Waals surface area contributed by atoms with Crippen LogP contribution in [-0.2, 0) is 13.0 Å². The Morgan fingerprint density at radius 2 is 2.25 bits per heavy atom. The van der Waals surface area contributed by atoms with Gasteiger partial charge in [-0.15, -0.1) is 10.0 Å². The summed E-state index contributed by atoms with van der Waals surface area (Å²) in [5.74, 6) is -1.11. The lowest BCUT2D eigenvalue weighted by atomic mass is 9.70. The largest absolute Gasteiger partial charge is 0.669 e. The van der Waals surface area contributed by atoms with Crippen molar-refractivity contribution in [2.75, 3.05) is 6.54 Å². The Labute approximate surface area is 136 Å². The van der Waals surface area contributed by atoms with Gasteiger partial charge in [-0.25, -0.2) is 4.68 Å². The third kappa shape index (κ3) is 2.91. The molecule has 0 radical (unpaired) electrons. The molecule has 11 heteroatoms. The van der Waals surface area contributed by atoms with Gasteiger partial charge in [-0.3, -0.25) is 4.79 Å². The quantitative estimate of drug-likeness (QED) is 0.476. The highest BCUT2D eigenvalue weighted by Gasteiger charge is 2.33. The summed E-state index contributed by atoms with van der Waals surface area (Å²) in [6.45, 7) is -1.93. The highest BCUT2D eigenvalue weighted by molar-refractivity contribution is 6.59. The molecule has 10 nitrogen and oxygen atoms in total. The summed E-state index contributed by atoms with van der Waals surface area (Å²) in [6, 6.07) is 3.31. The van der Waals surface area contributed by atoms with Crippen LogP contribution < -0.4 is 10.4 Å². The molecule has 1 aromatic carbocycles. The molecule has 0 saturated heterocycles. The number of hydrogen-bond donors (Lipinski definition) is 3. The summed E-state index contributed by atoms with van der Waals surface area (Å²) in [6.07, 6.45) is 1.91. The van der Waals surface area contributed by atoms with Crippen LogP contribution in [0, 0.1) is 4.91 Å². The van der Waals surface area contributed by atoms with Gasteiger partial charge in [0.25, 0.3) is 0 Å². The standard InChI is InChI=1S/C13H15BN5O5/c15-5-6-19-7-10(16-18-19)9-2-1-8-3-4-14(21,22)24-12(8)11(9)13(20)17-23/h1-2,7,21-22H,3-6,15H2/q-1/p+1. The number of rotatable bonds is 4. The van der Waals surface area contributed by atoms with Gasteiger partial charge in [0.05, 0.1) is 30.6 Å². The first-order chi connectivity index (χ1) is 11.4. The van der Waals surface area contributed by atoms with E-state index in [0.29, 0.717) is 36.3 Å². The molecule has 0 bridgehead atoms. The molecule has 0 atom stereocenters. The Morgan fingerprint density at radius 1 is 1.46 bits per heavy atom. The number of aryl methyl sites for hydroxylation is 1. The summed E-state index contributed by atoms with van der Waals surface area (Å²) < 4.78 is 6.73. The number of benzene rings is 1. The van der Waals surface area contributed by atoms with Crippen molar-refractivity contribution < 1.29 is 25.2 Å². The van der Waals surface area contributed by atoms with Crippen LogP contribution in [0.3, 0.4) is 0 Å². The average Bonchev–Trinajstić information content (AvgIpc) is 3.01. The van der Waals surface area contributed by atoms with E-state index in [0.717, 1.165) is 0 Å². The molecule has 1 aromatic heterocycles. The summed E-state index contributed by atoms with van der Waals surface area (Å²) in [4.78, 5) is 22.9. The van der Waals surface area contributed by atoms with Crippen molar-refractivity contribution in [3.05, 3.63) is 34.4 Å². The third-order valence-corrected chi connectivity index (χ3v) is 3.83. The zero-order valence-electron chi connectivity index (χ0n) is 12.8. The first-order valence-corrected chi connectivity index (χ1v) is 7.48. The minimum absolute atomic E-state index is 0.00811. The average molecular weight is 333 g/mol. The molecule has 126 valence electrons. The van der Waals surface area contributed by atoms with Crippen molar-refractivity contribution >= 4 is 12.7 Å². The predicted octanol–water partition coefficient (Wildman–Crippen LogP) is -1.05. The second-order valence-electron chi connectivity index (χ2n) is 5.61. The maximum Gasteiger partial charge on any atom is 0.430 e. The summed E-state index contributed by atoms with van der Waals surface area (Å²) in [5.41, 5.74) is 4.82. The van der Waals surface area contributed by atoms with Gasteiger partial charge in [-0.2, -0.15) is 0 Å². The van der Waals surface area contributed by atoms with Crippen LogP contribution >= 0.6 is 0 Å². The summed E-state index contributed by atoms with van der Waals surface area (Å²) in [7, 11) is 0. The van der Waals surface area contributed by atoms with Crippen LogP contribution in [0.2, 0.25) is 6.32 Å². The van der Waals surface area contributed by atoms with Gasteiger partial charge in [-0.1, -0.05) is 23.7 Å². The summed E-state index contributed by atoms with van der Waals surface area (Å²) in [5, 5.41) is 29.9. The molecule has 5 N–H and O–H groups in total. The van der Waals surface area contributed by atoms with Crippen molar-refractivity contribution in [2.24, 2.45) is 5.18 Å². The Morgan fingerprint density at radius 3 is 2.96 bits per heavy atom. The van der Waals surface area contributed by atoms with Crippen molar-refractivity contribution in [3.63, 3.8) is 0 Å². The van der Waals surface area contributed by atoms with Gasteiger partial charge >= 0.3 is 12.7 Å². The van der Waals surface area contributed by atoms with E-state index in [2.05, 4.69) is 21.2 Å². The van der Waals surface area contributed by atoms with E-state index in [1.165, 1.54) is 0 Å². The van der Waals surface area contributed by atoms with Gasteiger partial charge in [-0.05, 0) is 12.0 Å². The number of aromatic nitrogens is 3. The van der Waals surface area contributed by atoms with Crippen LogP contribution in [0.5, 0.6) is 5.75 Å². The normalized spacial score (nSPS) is 15.5. The first-order valence-electron chi connectivity index (χ1n) is 7.48. The maximum atomic E-state index is 12.0. The molecule has 0 saturated carbocycles. The van der Waals surface area contributed by atoms with Crippen LogP contribution in [-0.4, -0.2) is 44.2 Å². The number of nitroso groups, excluding NO2 is 1. The third-order valence-electron chi connectivity index (χ3n) is 3.83. The maximum absolute atomic E-state index is 12.0. The predicted molar refractivity (Wildman–Crippen MR) is 82.7 cm³/mol. The number of carbonyl (C=O) groups excluding carboxylic acids is 1. The lowest BCUT2D eigenvalue weighted by Crippen LogP contribution is -2.52. The zero-order chi connectivity index (χ0) is 17.3. The number of amides is 1. The number of carbonyl (C=O) groups is 1. The molecule has 2 aromatic rings. The molecule has 0 aliphatic carbocycles. The first kappa shape index (κ1) is 16.2. The van der Waals surface area contributed by atoms with E-state index in [1.54, 1.807) is 23.0 Å². The lowest BCUT2D eigenvalue weighted by Gasteiger charge is -2.37. The SMILES string of the molecule is [NH3+]CCn1cc(-c2ccc3c(c2C(=O)N=O)O[B-](O)(O)CC3)nn1. The number of hydrogen-bond acceptors (Lipinski definition) is 7. The van der Waals surface area contributed by atoms with E-state index in [1.807, 2.05) is 0 Å². The van der Waals surface area contributed by atoms with Crippen molar-refractivity contribution in [2.45, 2.75) is 19.3 Å². The second kappa shape index (κ2) is 6.11. The zero-order valence-corrected chi connectivity index (χ0v) is 12.8. The van der Waals surface area contributed by atoms with E-state index in [9.17, 15) is 19.7 Å². The van der Waals surface area contributed by atoms with E-state index < -0.39 is 12.7 Å². The van der Waals surface area contributed by atoms with E-state index >= 15 is 0 Å². The van der Waals surface area contributed by atoms with Crippen molar-refractivity contribution in [1.82, 2.24) is 15.0 Å². The monoisotopic (exact) mass is 333 g/mol. The molecular formula is C13H16BN5O5. The summed E-state index contributed by atoms with van der Waals surface area (Å²) >= 11 is 0. The van der Waals surface area contributed by atoms with E-state index in [-0.39, 0.29) is 17.6 Å². The molecule has 0 fully saturated rings. The fourth-order valence-corrected chi connectivity index (χ4v) is 2.71. The van der Waals surface area contributed by atoms with Crippen molar-refractivity contribution in [1.29, 1.82) is 0 Å². The topological polar surface area (TPSA) is 155 Å². The number of nitrogens with zero attached hydrogens (tertiary/aromatic N) is 4. The van der Waals surface area contributed by atoms with Crippen LogP contribution in [0.4, 0.5) is 0 Å². The fourth-order valence-electron chi connectivity index (χ4n) is 2.71. The molecule has 2 heterocycles. The molecule has 1 aliphatic rings. The van der Waals surface area contributed by atoms with Gasteiger partial charge in [0.15, 0.2) is 0 Å². The van der Waals surface area contributed by atoms with Crippen LogP contribution in [0.1, 0.15) is 15.9 Å². The van der Waals surface area contributed by atoms with E-state index in [4.69, 9.17) is 4.65 Å². The molecule has 0 unspecified atom stereocenters. The second-order valence-corrected chi connectivity index (χ2v) is 5.61. The molecule has 3 rings (SSSR count). The van der Waals surface area contributed by atoms with Crippen LogP contribution in [0.25, 0.3) is 11.3 Å². The smallest absolute Gasteiger partial charge is 0.430 e. The Hall–Kier alpha value is -2.63. The number of fused-ring (bicyclic) bond motifs is 1. The number of quaternary nitrogens is 1. The van der Waals surface area contributed by atoms with Gasteiger partial charge in [0.2, 0.25) is 0 Å². The fraction of sp³-hybridized carbons (Fsp3) is 0.308. The minimum atomic E-state index is -3.08. The Balaban J connectivity index is 2.15. The molecule has 1 amide bonds. The minimum Gasteiger partial charge on any atom is -0.669 e. The van der Waals surface area contributed by atoms with Gasteiger partial charge < -0.3 is 20.4 Å². The highest BCUT2D eigenvalue weighted by Crippen LogP contribution is 2.38. The molecule has 1 aliphatic heterocycles. The molecule has 24 heavy (non-hydrogen) atoms. The van der Waals surface area contributed by atoms with Crippen LogP contribution in [0.15, 0.2) is 23.5 Å². The highest BCUT2D eigenvalue weighted by atomic mass is 16.6. The Bertz CT molecular complexity index is 806. The van der Waals surface area contributed by atoms with Gasteiger partial charge in [0, 0.05) is 10.7 Å². The molecular weight excluding hydrogens is 317 g/mol. The lowest BCUT2D eigenvalue weighted by molar-refractivity contribution is -0.370. The Kier molecular flexibility index (Phi) is 4.14. The van der Waals surface area contributed by atoms with Crippen molar-refractivity contribution in [3.8, 4) is 17.0 Å². The van der Waals surface area contributed by atoms with Gasteiger partial charge in [0.1, 0.15) is 5.69 Å².